The molecule has 0 aromatic heterocycles. The summed E-state index contributed by atoms with van der Waals surface area (Å²) in [6.45, 7) is 8.76. The second-order valence-electron chi connectivity index (χ2n) is 4.98. The molecule has 1 atom stereocenters. The molecule has 1 heterocycles. The Hall–Kier alpha value is -1.06. The van der Waals surface area contributed by atoms with Crippen LogP contribution in [-0.2, 0) is 4.79 Å². The summed E-state index contributed by atoms with van der Waals surface area (Å²) in [6, 6.07) is 0. The maximum atomic E-state index is 11.8. The van der Waals surface area contributed by atoms with Crippen LogP contribution >= 0.6 is 0 Å². The topological polar surface area (TPSA) is 58.7 Å². The van der Waals surface area contributed by atoms with Gasteiger partial charge in [0, 0.05) is 6.54 Å². The van der Waals surface area contributed by atoms with Crippen molar-refractivity contribution in [3.05, 3.63) is 0 Å². The van der Waals surface area contributed by atoms with Gasteiger partial charge in [0.05, 0.1) is 12.0 Å². The van der Waals surface area contributed by atoms with Crippen molar-refractivity contribution in [3.8, 4) is 0 Å². The molecule has 4 heteroatoms. The average molecular weight is 211 g/mol. The van der Waals surface area contributed by atoms with E-state index in [1.54, 1.807) is 4.90 Å². The number of hydrogen-bond acceptors (Lipinski definition) is 3. The van der Waals surface area contributed by atoms with Crippen LogP contribution in [0.4, 0.5) is 0 Å². The molecule has 0 saturated heterocycles. The van der Waals surface area contributed by atoms with Crippen molar-refractivity contribution in [1.82, 2.24) is 4.90 Å². The zero-order chi connectivity index (χ0) is 11.6. The molecule has 0 aliphatic carbocycles. The summed E-state index contributed by atoms with van der Waals surface area (Å²) in [7, 11) is 0. The lowest BCUT2D eigenvalue weighted by Crippen LogP contribution is -2.51. The number of carbonyl (C=O) groups is 1. The molecule has 0 fully saturated rings. The maximum Gasteiger partial charge on any atom is 0.231 e. The first-order valence-corrected chi connectivity index (χ1v) is 5.51. The molecule has 2 N–H and O–H groups in total. The van der Waals surface area contributed by atoms with Gasteiger partial charge in [0.1, 0.15) is 0 Å². The third-order valence-corrected chi connectivity index (χ3v) is 2.77. The van der Waals surface area contributed by atoms with E-state index in [0.29, 0.717) is 24.8 Å². The van der Waals surface area contributed by atoms with Gasteiger partial charge in [0.2, 0.25) is 5.91 Å². The predicted molar refractivity (Wildman–Crippen MR) is 61.5 cm³/mol. The van der Waals surface area contributed by atoms with E-state index in [1.807, 2.05) is 13.8 Å². The van der Waals surface area contributed by atoms with Crippen LogP contribution in [0, 0.1) is 5.92 Å². The van der Waals surface area contributed by atoms with Crippen LogP contribution in [0.25, 0.3) is 0 Å². The van der Waals surface area contributed by atoms with E-state index in [2.05, 4.69) is 18.8 Å². The number of amides is 1. The van der Waals surface area contributed by atoms with Gasteiger partial charge in [0.15, 0.2) is 5.96 Å². The van der Waals surface area contributed by atoms with Crippen molar-refractivity contribution >= 4 is 11.9 Å². The molecule has 0 aromatic rings. The number of aliphatic imine (C=N–C) groups is 1. The quantitative estimate of drug-likeness (QED) is 0.766. The highest BCUT2D eigenvalue weighted by atomic mass is 16.2. The number of rotatable bonds is 3. The van der Waals surface area contributed by atoms with E-state index in [-0.39, 0.29) is 11.4 Å². The summed E-state index contributed by atoms with van der Waals surface area (Å²) in [5.41, 5.74) is 5.46. The summed E-state index contributed by atoms with van der Waals surface area (Å²) in [4.78, 5) is 17.8. The maximum absolute atomic E-state index is 11.8. The Labute approximate surface area is 91.5 Å². The minimum Gasteiger partial charge on any atom is -0.369 e. The molecule has 0 bridgehead atoms. The number of nitrogens with two attached hydrogens (primary N) is 1. The lowest BCUT2D eigenvalue weighted by molar-refractivity contribution is -0.129. The molecule has 1 aliphatic heterocycles. The van der Waals surface area contributed by atoms with Crippen molar-refractivity contribution in [3.63, 3.8) is 0 Å². The van der Waals surface area contributed by atoms with E-state index in [4.69, 9.17) is 5.73 Å². The van der Waals surface area contributed by atoms with Gasteiger partial charge in [-0.2, -0.15) is 0 Å². The number of nitrogens with zero attached hydrogens (tertiary/aromatic N) is 2. The first kappa shape index (κ1) is 12.0. The van der Waals surface area contributed by atoms with E-state index in [1.165, 1.54) is 0 Å². The second kappa shape index (κ2) is 4.21. The standard InChI is InChI=1S/C11H21N3O/c1-5-8(2)7-14-9(15)6-11(3,4)13-10(14)12/h8H,5-7H2,1-4H3,(H2,12,13)/t8-/m0/s1. The van der Waals surface area contributed by atoms with Crippen LogP contribution in [0.1, 0.15) is 40.5 Å². The first-order chi connectivity index (χ1) is 6.85. The Morgan fingerprint density at radius 3 is 2.67 bits per heavy atom. The summed E-state index contributed by atoms with van der Waals surface area (Å²) >= 11 is 0. The lowest BCUT2D eigenvalue weighted by atomic mass is 9.98. The van der Waals surface area contributed by atoms with Crippen molar-refractivity contribution < 1.29 is 4.79 Å². The molecule has 0 unspecified atom stereocenters. The van der Waals surface area contributed by atoms with Gasteiger partial charge in [0.25, 0.3) is 0 Å². The molecule has 0 aromatic carbocycles. The van der Waals surface area contributed by atoms with Gasteiger partial charge in [-0.05, 0) is 19.8 Å². The van der Waals surface area contributed by atoms with E-state index in [9.17, 15) is 4.79 Å². The van der Waals surface area contributed by atoms with Crippen LogP contribution in [0.5, 0.6) is 0 Å². The first-order valence-electron chi connectivity index (χ1n) is 5.51. The van der Waals surface area contributed by atoms with Crippen molar-refractivity contribution in [2.75, 3.05) is 6.54 Å². The van der Waals surface area contributed by atoms with Crippen LogP contribution in [0.2, 0.25) is 0 Å². The summed E-state index contributed by atoms with van der Waals surface area (Å²) < 4.78 is 0. The lowest BCUT2D eigenvalue weighted by Gasteiger charge is -2.33. The van der Waals surface area contributed by atoms with E-state index >= 15 is 0 Å². The number of guanidine groups is 1. The van der Waals surface area contributed by atoms with Crippen LogP contribution < -0.4 is 5.73 Å². The van der Waals surface area contributed by atoms with Gasteiger partial charge in [-0.25, -0.2) is 4.99 Å². The van der Waals surface area contributed by atoms with Gasteiger partial charge in [-0.1, -0.05) is 20.3 Å². The largest absolute Gasteiger partial charge is 0.369 e. The van der Waals surface area contributed by atoms with Crippen LogP contribution in [-0.4, -0.2) is 28.9 Å². The smallest absolute Gasteiger partial charge is 0.231 e. The molecule has 86 valence electrons. The molecule has 4 nitrogen and oxygen atoms in total. The molecular formula is C11H21N3O. The van der Waals surface area contributed by atoms with E-state index in [0.717, 1.165) is 6.42 Å². The summed E-state index contributed by atoms with van der Waals surface area (Å²) in [5, 5.41) is 0. The van der Waals surface area contributed by atoms with Crippen molar-refractivity contribution in [1.29, 1.82) is 0 Å². The molecular weight excluding hydrogens is 190 g/mol. The minimum absolute atomic E-state index is 0.0906. The van der Waals surface area contributed by atoms with E-state index < -0.39 is 0 Å². The van der Waals surface area contributed by atoms with Crippen LogP contribution in [0.3, 0.4) is 0 Å². The Morgan fingerprint density at radius 1 is 1.60 bits per heavy atom. The molecule has 1 aliphatic rings. The molecule has 0 spiro atoms. The fraction of sp³-hybridized carbons (Fsp3) is 0.818. The summed E-state index contributed by atoms with van der Waals surface area (Å²) in [5.74, 6) is 0.924. The molecule has 0 saturated carbocycles. The number of hydrogen-bond donors (Lipinski definition) is 1. The van der Waals surface area contributed by atoms with Gasteiger partial charge >= 0.3 is 0 Å². The third-order valence-electron chi connectivity index (χ3n) is 2.77. The van der Waals surface area contributed by atoms with Gasteiger partial charge in [-0.15, -0.1) is 0 Å². The average Bonchev–Trinajstić information content (AvgIpc) is 2.09. The third kappa shape index (κ3) is 2.94. The Bertz CT molecular complexity index is 284. The zero-order valence-corrected chi connectivity index (χ0v) is 10.1. The molecule has 0 radical (unpaired) electrons. The predicted octanol–water partition coefficient (Wildman–Crippen LogP) is 1.36. The molecule has 1 amide bonds. The number of carbonyl (C=O) groups excluding carboxylic acids is 1. The normalized spacial score (nSPS) is 22.5. The molecule has 15 heavy (non-hydrogen) atoms. The summed E-state index contributed by atoms with van der Waals surface area (Å²) in [6.07, 6.45) is 1.49. The van der Waals surface area contributed by atoms with Crippen molar-refractivity contribution in [2.45, 2.75) is 46.1 Å². The van der Waals surface area contributed by atoms with Gasteiger partial charge in [-0.3, -0.25) is 9.69 Å². The van der Waals surface area contributed by atoms with Crippen molar-refractivity contribution in [2.24, 2.45) is 16.6 Å². The zero-order valence-electron chi connectivity index (χ0n) is 10.1. The minimum atomic E-state index is -0.340. The monoisotopic (exact) mass is 211 g/mol. The Kier molecular flexibility index (Phi) is 3.37. The Morgan fingerprint density at radius 2 is 2.20 bits per heavy atom. The SMILES string of the molecule is CC[C@H](C)CN1C(=O)CC(C)(C)N=C1N. The second-order valence-corrected chi connectivity index (χ2v) is 4.98. The highest BCUT2D eigenvalue weighted by molar-refractivity contribution is 5.98. The van der Waals surface area contributed by atoms with Crippen LogP contribution in [0.15, 0.2) is 4.99 Å². The highest BCUT2D eigenvalue weighted by Gasteiger charge is 2.32. The van der Waals surface area contributed by atoms with Gasteiger partial charge < -0.3 is 5.73 Å². The fourth-order valence-corrected chi connectivity index (χ4v) is 1.64. The highest BCUT2D eigenvalue weighted by Crippen LogP contribution is 2.21. The molecule has 1 rings (SSSR count). The Balaban J connectivity index is 2.78. The fourth-order valence-electron chi connectivity index (χ4n) is 1.64.